The first-order valence-electron chi connectivity index (χ1n) is 3.35. The number of nitrogens with zero attached hydrogens (tertiary/aromatic N) is 1. The second-order valence-electron chi connectivity index (χ2n) is 2.02. The highest BCUT2D eigenvalue weighted by atomic mass is 15.0. The Labute approximate surface area is 66.7 Å². The van der Waals surface area contributed by atoms with Crippen molar-refractivity contribution in [2.75, 3.05) is 7.05 Å². The highest BCUT2D eigenvalue weighted by molar-refractivity contribution is 5.95. The minimum absolute atomic E-state index is 0.319. The van der Waals surface area contributed by atoms with E-state index < -0.39 is 0 Å². The molecule has 0 aliphatic carbocycles. The normalized spacial score (nSPS) is 13.0. The fourth-order valence-electron chi connectivity index (χ4n) is 0.575. The van der Waals surface area contributed by atoms with Crippen LogP contribution in [0.25, 0.3) is 0 Å². The summed E-state index contributed by atoms with van der Waals surface area (Å²) in [6.07, 6.45) is 1.63. The predicted octanol–water partition coefficient (Wildman–Crippen LogP) is 0.464. The van der Waals surface area contributed by atoms with Crippen LogP contribution in [0, 0.1) is 5.41 Å². The predicted molar refractivity (Wildman–Crippen MR) is 47.8 cm³/mol. The van der Waals surface area contributed by atoms with Crippen molar-refractivity contribution in [2.24, 2.45) is 10.7 Å². The number of hydrogen-bond donors (Lipinski definition) is 3. The highest BCUT2D eigenvalue weighted by Gasteiger charge is 1.99. The average Bonchev–Trinajstić information content (AvgIpc) is 1.98. The Hall–Kier alpha value is -1.32. The van der Waals surface area contributed by atoms with E-state index in [1.165, 1.54) is 0 Å². The van der Waals surface area contributed by atoms with Gasteiger partial charge in [0.15, 0.2) is 0 Å². The molecule has 11 heavy (non-hydrogen) atoms. The van der Waals surface area contributed by atoms with E-state index in [-0.39, 0.29) is 0 Å². The van der Waals surface area contributed by atoms with Crippen LogP contribution in [0.3, 0.4) is 0 Å². The summed E-state index contributed by atoms with van der Waals surface area (Å²) in [5.74, 6) is 0.542. The van der Waals surface area contributed by atoms with Crippen LogP contribution < -0.4 is 11.1 Å². The summed E-state index contributed by atoms with van der Waals surface area (Å²) in [7, 11) is 1.72. The summed E-state index contributed by atoms with van der Waals surface area (Å²) < 4.78 is 0. The third kappa shape index (κ3) is 2.84. The van der Waals surface area contributed by atoms with Gasteiger partial charge in [-0.3, -0.25) is 0 Å². The van der Waals surface area contributed by atoms with Gasteiger partial charge in [-0.05, 0) is 13.8 Å². The van der Waals surface area contributed by atoms with Crippen LogP contribution in [0.5, 0.6) is 0 Å². The van der Waals surface area contributed by atoms with Crippen LogP contribution >= 0.6 is 0 Å². The van der Waals surface area contributed by atoms with Gasteiger partial charge in [0.1, 0.15) is 5.82 Å². The van der Waals surface area contributed by atoms with Crippen molar-refractivity contribution < 1.29 is 0 Å². The van der Waals surface area contributed by atoms with Gasteiger partial charge in [0.05, 0.1) is 11.4 Å². The molecule has 0 saturated carbocycles. The first-order chi connectivity index (χ1) is 5.13. The second kappa shape index (κ2) is 4.49. The molecular weight excluding hydrogens is 140 g/mol. The van der Waals surface area contributed by atoms with Crippen LogP contribution in [0.15, 0.2) is 16.5 Å². The molecule has 0 spiro atoms. The zero-order valence-electron chi connectivity index (χ0n) is 7.10. The Morgan fingerprint density at radius 3 is 2.45 bits per heavy atom. The zero-order chi connectivity index (χ0) is 8.85. The Morgan fingerprint density at radius 2 is 2.18 bits per heavy atom. The monoisotopic (exact) mass is 154 g/mol. The molecule has 0 fully saturated rings. The van der Waals surface area contributed by atoms with Gasteiger partial charge in [-0.1, -0.05) is 0 Å². The Kier molecular flexibility index (Phi) is 3.95. The van der Waals surface area contributed by atoms with E-state index >= 15 is 0 Å². The fraction of sp³-hybridized carbons (Fsp3) is 0.429. The molecule has 4 N–H and O–H groups in total. The molecule has 4 nitrogen and oxygen atoms in total. The molecule has 0 aliphatic heterocycles. The van der Waals surface area contributed by atoms with Crippen molar-refractivity contribution in [1.29, 1.82) is 5.41 Å². The molecule has 0 aromatic heterocycles. The summed E-state index contributed by atoms with van der Waals surface area (Å²) >= 11 is 0. The summed E-state index contributed by atoms with van der Waals surface area (Å²) in [6, 6.07) is 0. The van der Waals surface area contributed by atoms with Gasteiger partial charge in [-0.15, -0.1) is 0 Å². The molecule has 62 valence electrons. The maximum Gasteiger partial charge on any atom is 0.150 e. The molecule has 0 aromatic rings. The minimum Gasteiger partial charge on any atom is -0.394 e. The number of nitrogens with one attached hydrogen (secondary N) is 2. The topological polar surface area (TPSA) is 74.3 Å². The van der Waals surface area contributed by atoms with Gasteiger partial charge in [-0.25, -0.2) is 4.99 Å². The molecular formula is C7H14N4. The summed E-state index contributed by atoms with van der Waals surface area (Å²) in [6.45, 7) is 3.42. The smallest absolute Gasteiger partial charge is 0.150 e. The molecule has 0 bridgehead atoms. The number of allylic oxidation sites excluding steroid dienone is 1. The molecule has 0 aliphatic rings. The number of aliphatic imine (C=N–C) groups is 1. The third-order valence-corrected chi connectivity index (χ3v) is 1.15. The number of hydrogen-bond acceptors (Lipinski definition) is 4. The van der Waals surface area contributed by atoms with E-state index in [1.807, 2.05) is 0 Å². The summed E-state index contributed by atoms with van der Waals surface area (Å²) in [4.78, 5) is 3.94. The Morgan fingerprint density at radius 1 is 1.64 bits per heavy atom. The largest absolute Gasteiger partial charge is 0.394 e. The molecule has 0 atom stereocenters. The molecule has 0 unspecified atom stereocenters. The van der Waals surface area contributed by atoms with Gasteiger partial charge in [0, 0.05) is 13.3 Å². The first kappa shape index (κ1) is 9.68. The fourth-order valence-corrected chi connectivity index (χ4v) is 0.575. The number of rotatable bonds is 3. The summed E-state index contributed by atoms with van der Waals surface area (Å²) in [5, 5.41) is 10.0. The lowest BCUT2D eigenvalue weighted by Crippen LogP contribution is -2.17. The quantitative estimate of drug-likeness (QED) is 0.517. The van der Waals surface area contributed by atoms with Crippen molar-refractivity contribution in [3.05, 3.63) is 11.5 Å². The lowest BCUT2D eigenvalue weighted by molar-refractivity contribution is 0.945. The van der Waals surface area contributed by atoms with Crippen molar-refractivity contribution in [1.82, 2.24) is 5.32 Å². The standard InChI is InChI=1S/C7H14N4/c1-4-11-7(10-3)6(9)5(2)8/h4,8,10H,9H2,1-3H3/b7-6+,8-5?,11-4-. The Balaban J connectivity index is 4.67. The zero-order valence-corrected chi connectivity index (χ0v) is 7.10. The van der Waals surface area contributed by atoms with E-state index in [4.69, 9.17) is 11.1 Å². The van der Waals surface area contributed by atoms with E-state index in [1.54, 1.807) is 27.1 Å². The van der Waals surface area contributed by atoms with E-state index in [0.717, 1.165) is 0 Å². The van der Waals surface area contributed by atoms with Crippen molar-refractivity contribution in [3.8, 4) is 0 Å². The van der Waals surface area contributed by atoms with E-state index in [9.17, 15) is 0 Å². The lowest BCUT2D eigenvalue weighted by Gasteiger charge is -2.04. The second-order valence-corrected chi connectivity index (χ2v) is 2.02. The maximum atomic E-state index is 7.22. The SMILES string of the molecule is C/C=N\C(NC)=C(\N)C(C)=N. The van der Waals surface area contributed by atoms with Crippen molar-refractivity contribution in [2.45, 2.75) is 13.8 Å². The van der Waals surface area contributed by atoms with Crippen LogP contribution in [0.2, 0.25) is 0 Å². The summed E-state index contributed by atoms with van der Waals surface area (Å²) in [5.41, 5.74) is 6.24. The highest BCUT2D eigenvalue weighted by Crippen LogP contribution is 1.96. The van der Waals surface area contributed by atoms with Gasteiger partial charge < -0.3 is 16.5 Å². The van der Waals surface area contributed by atoms with Crippen LogP contribution in [-0.2, 0) is 0 Å². The molecule has 0 saturated heterocycles. The average molecular weight is 154 g/mol. The van der Waals surface area contributed by atoms with Crippen molar-refractivity contribution >= 4 is 11.9 Å². The van der Waals surface area contributed by atoms with Crippen LogP contribution in [-0.4, -0.2) is 19.0 Å². The first-order valence-corrected chi connectivity index (χ1v) is 3.35. The van der Waals surface area contributed by atoms with E-state index in [0.29, 0.717) is 17.2 Å². The molecule has 0 rings (SSSR count). The molecule has 0 heterocycles. The van der Waals surface area contributed by atoms with Gasteiger partial charge >= 0.3 is 0 Å². The lowest BCUT2D eigenvalue weighted by atomic mass is 10.3. The van der Waals surface area contributed by atoms with Gasteiger partial charge in [0.2, 0.25) is 0 Å². The van der Waals surface area contributed by atoms with Gasteiger partial charge in [0.25, 0.3) is 0 Å². The van der Waals surface area contributed by atoms with E-state index in [2.05, 4.69) is 10.3 Å². The molecule has 4 heteroatoms. The van der Waals surface area contributed by atoms with Crippen LogP contribution in [0.1, 0.15) is 13.8 Å². The Bertz CT molecular complexity index is 202. The molecule has 0 aromatic carbocycles. The van der Waals surface area contributed by atoms with Crippen molar-refractivity contribution in [3.63, 3.8) is 0 Å². The number of nitrogens with two attached hydrogens (primary N) is 1. The third-order valence-electron chi connectivity index (χ3n) is 1.15. The van der Waals surface area contributed by atoms with Gasteiger partial charge in [-0.2, -0.15) is 0 Å². The minimum atomic E-state index is 0.319. The molecule has 0 radical (unpaired) electrons. The molecule has 0 amide bonds. The van der Waals surface area contributed by atoms with Crippen LogP contribution in [0.4, 0.5) is 0 Å². The maximum absolute atomic E-state index is 7.22.